The third kappa shape index (κ3) is 3.52. The summed E-state index contributed by atoms with van der Waals surface area (Å²) in [6.45, 7) is 0.0729. The van der Waals surface area contributed by atoms with Gasteiger partial charge in [-0.25, -0.2) is 4.39 Å². The van der Waals surface area contributed by atoms with Crippen molar-refractivity contribution in [2.45, 2.75) is 30.3 Å². The first-order chi connectivity index (χ1) is 12.4. The molecular formula is C19H15Cl2FO4. The highest BCUT2D eigenvalue weighted by molar-refractivity contribution is 6.52. The fraction of sp³-hybridized carbons (Fsp3) is 0.316. The molecule has 0 saturated heterocycles. The van der Waals surface area contributed by atoms with Gasteiger partial charge in [0.25, 0.3) is 0 Å². The van der Waals surface area contributed by atoms with Crippen molar-refractivity contribution in [3.8, 4) is 5.75 Å². The van der Waals surface area contributed by atoms with E-state index >= 15 is 0 Å². The first kappa shape index (κ1) is 17.6. The Morgan fingerprint density at radius 3 is 2.69 bits per heavy atom. The van der Waals surface area contributed by atoms with E-state index in [2.05, 4.69) is 0 Å². The van der Waals surface area contributed by atoms with E-state index in [0.29, 0.717) is 23.3 Å². The van der Waals surface area contributed by atoms with Gasteiger partial charge in [0, 0.05) is 16.7 Å². The standard InChI is InChI=1S/C19H15Cl2FO4/c20-19(21)8-15(19)17(23)24-9-12-6-14(22)7-13-10-25-18(26-16(12)13)11-4-2-1-3-5-11/h1-7,15,18H,8-10H2/t15-,18+/m1/s1. The van der Waals surface area contributed by atoms with Crippen LogP contribution >= 0.6 is 23.2 Å². The van der Waals surface area contributed by atoms with Crippen molar-refractivity contribution in [3.63, 3.8) is 0 Å². The van der Waals surface area contributed by atoms with E-state index in [1.807, 2.05) is 30.3 Å². The van der Waals surface area contributed by atoms with Gasteiger partial charge < -0.3 is 14.2 Å². The Labute approximate surface area is 159 Å². The molecule has 0 bridgehead atoms. The Bertz CT molecular complexity index is 841. The summed E-state index contributed by atoms with van der Waals surface area (Å²) in [5.74, 6) is -1.02. The molecule has 0 unspecified atom stereocenters. The summed E-state index contributed by atoms with van der Waals surface area (Å²) < 4.78 is 29.7. The molecule has 0 spiro atoms. The summed E-state index contributed by atoms with van der Waals surface area (Å²) in [6, 6.07) is 12.1. The van der Waals surface area contributed by atoms with E-state index in [0.717, 1.165) is 5.56 Å². The van der Waals surface area contributed by atoms with Crippen LogP contribution in [-0.2, 0) is 27.5 Å². The minimum atomic E-state index is -1.05. The normalized spacial score (nSPS) is 22.9. The van der Waals surface area contributed by atoms with Gasteiger partial charge in [-0.05, 0) is 18.6 Å². The van der Waals surface area contributed by atoms with Gasteiger partial charge in [0.05, 0.1) is 12.5 Å². The molecule has 0 N–H and O–H groups in total. The summed E-state index contributed by atoms with van der Waals surface area (Å²) in [5.41, 5.74) is 1.85. The van der Waals surface area contributed by atoms with Crippen LogP contribution in [0.25, 0.3) is 0 Å². The van der Waals surface area contributed by atoms with Crippen LogP contribution in [0.4, 0.5) is 4.39 Å². The van der Waals surface area contributed by atoms with Crippen molar-refractivity contribution >= 4 is 29.2 Å². The number of fused-ring (bicyclic) bond motifs is 1. The molecule has 136 valence electrons. The van der Waals surface area contributed by atoms with Gasteiger partial charge in [-0.15, -0.1) is 23.2 Å². The predicted octanol–water partition coefficient (Wildman–Crippen LogP) is 4.67. The lowest BCUT2D eigenvalue weighted by atomic mass is 10.1. The quantitative estimate of drug-likeness (QED) is 0.556. The average molecular weight is 397 g/mol. The van der Waals surface area contributed by atoms with Crippen LogP contribution in [0.2, 0.25) is 0 Å². The van der Waals surface area contributed by atoms with Crippen molar-refractivity contribution in [2.24, 2.45) is 5.92 Å². The lowest BCUT2D eigenvalue weighted by Gasteiger charge is -2.28. The smallest absolute Gasteiger partial charge is 0.312 e. The topological polar surface area (TPSA) is 44.8 Å². The van der Waals surface area contributed by atoms with E-state index in [1.54, 1.807) is 0 Å². The van der Waals surface area contributed by atoms with E-state index < -0.39 is 28.3 Å². The van der Waals surface area contributed by atoms with Crippen molar-refractivity contribution in [1.29, 1.82) is 0 Å². The van der Waals surface area contributed by atoms with Gasteiger partial charge in [0.2, 0.25) is 6.29 Å². The van der Waals surface area contributed by atoms with Gasteiger partial charge in [-0.3, -0.25) is 4.79 Å². The van der Waals surface area contributed by atoms with Crippen LogP contribution in [0.3, 0.4) is 0 Å². The highest BCUT2D eigenvalue weighted by atomic mass is 35.5. The molecule has 2 aromatic carbocycles. The Kier molecular flexibility index (Phi) is 4.55. The maximum Gasteiger partial charge on any atom is 0.312 e. The van der Waals surface area contributed by atoms with Crippen LogP contribution in [0, 0.1) is 11.7 Å². The van der Waals surface area contributed by atoms with Crippen molar-refractivity contribution in [3.05, 3.63) is 65.0 Å². The largest absolute Gasteiger partial charge is 0.460 e. The molecule has 1 aliphatic heterocycles. The molecule has 2 atom stereocenters. The van der Waals surface area contributed by atoms with Gasteiger partial charge in [-0.2, -0.15) is 0 Å². The molecule has 0 amide bonds. The Morgan fingerprint density at radius 1 is 1.27 bits per heavy atom. The molecule has 0 aromatic heterocycles. The van der Waals surface area contributed by atoms with Crippen LogP contribution in [-0.4, -0.2) is 10.3 Å². The fourth-order valence-electron chi connectivity index (χ4n) is 2.88. The SMILES string of the molecule is O=C(OCc1cc(F)cc2c1O[C@@H](c1ccccc1)OC2)[C@H]1CC1(Cl)Cl. The second-order valence-electron chi connectivity index (χ2n) is 6.35. The molecule has 2 aromatic rings. The zero-order valence-electron chi connectivity index (χ0n) is 13.6. The first-order valence-corrected chi connectivity index (χ1v) is 8.88. The van der Waals surface area contributed by atoms with E-state index in [1.165, 1.54) is 12.1 Å². The lowest BCUT2D eigenvalue weighted by Crippen LogP contribution is -2.20. The van der Waals surface area contributed by atoms with E-state index in [9.17, 15) is 9.18 Å². The number of rotatable bonds is 4. The van der Waals surface area contributed by atoms with E-state index in [4.69, 9.17) is 37.4 Å². The monoisotopic (exact) mass is 396 g/mol. The Morgan fingerprint density at radius 2 is 2.00 bits per heavy atom. The van der Waals surface area contributed by atoms with E-state index in [-0.39, 0.29) is 13.2 Å². The Hall–Kier alpha value is -1.82. The molecule has 1 heterocycles. The second-order valence-corrected chi connectivity index (χ2v) is 7.89. The second kappa shape index (κ2) is 6.72. The minimum absolute atomic E-state index is 0.124. The highest BCUT2D eigenvalue weighted by Crippen LogP contribution is 2.53. The van der Waals surface area contributed by atoms with Crippen molar-refractivity contribution in [1.82, 2.24) is 0 Å². The third-order valence-corrected chi connectivity index (χ3v) is 5.21. The molecule has 7 heteroatoms. The third-order valence-electron chi connectivity index (χ3n) is 4.37. The predicted molar refractivity (Wildman–Crippen MR) is 93.3 cm³/mol. The number of hydrogen-bond donors (Lipinski definition) is 0. The number of benzene rings is 2. The van der Waals surface area contributed by atoms with Gasteiger partial charge in [0.1, 0.15) is 22.5 Å². The van der Waals surface area contributed by atoms with Crippen LogP contribution in [0.1, 0.15) is 29.4 Å². The molecule has 4 rings (SSSR count). The molecular weight excluding hydrogens is 382 g/mol. The summed E-state index contributed by atoms with van der Waals surface area (Å²) in [7, 11) is 0. The zero-order chi connectivity index (χ0) is 18.3. The maximum atomic E-state index is 13.9. The molecule has 1 saturated carbocycles. The number of carbonyl (C=O) groups excluding carboxylic acids is 1. The number of esters is 1. The fourth-order valence-corrected chi connectivity index (χ4v) is 3.36. The van der Waals surface area contributed by atoms with Crippen LogP contribution in [0.15, 0.2) is 42.5 Å². The summed E-state index contributed by atoms with van der Waals surface area (Å²) in [6.07, 6.45) is -0.248. The maximum absolute atomic E-state index is 13.9. The molecule has 2 aliphatic rings. The van der Waals surface area contributed by atoms with Gasteiger partial charge in [-0.1, -0.05) is 30.3 Å². The Balaban J connectivity index is 1.53. The van der Waals surface area contributed by atoms with Gasteiger partial charge >= 0.3 is 5.97 Å². The number of ether oxygens (including phenoxy) is 3. The molecule has 1 fully saturated rings. The highest BCUT2D eigenvalue weighted by Gasteiger charge is 2.57. The summed E-state index contributed by atoms with van der Waals surface area (Å²) >= 11 is 11.7. The molecule has 4 nitrogen and oxygen atoms in total. The molecule has 1 aliphatic carbocycles. The lowest BCUT2D eigenvalue weighted by molar-refractivity contribution is -0.146. The van der Waals surface area contributed by atoms with Crippen molar-refractivity contribution < 1.29 is 23.4 Å². The van der Waals surface area contributed by atoms with Crippen molar-refractivity contribution in [2.75, 3.05) is 0 Å². The first-order valence-electron chi connectivity index (χ1n) is 8.13. The number of carbonyl (C=O) groups is 1. The number of alkyl halides is 2. The van der Waals surface area contributed by atoms with Crippen LogP contribution in [0.5, 0.6) is 5.75 Å². The zero-order valence-corrected chi connectivity index (χ0v) is 15.1. The summed E-state index contributed by atoms with van der Waals surface area (Å²) in [4.78, 5) is 12.0. The average Bonchev–Trinajstić information content (AvgIpc) is 3.28. The van der Waals surface area contributed by atoms with Gasteiger partial charge in [0.15, 0.2) is 0 Å². The molecule has 26 heavy (non-hydrogen) atoms. The molecule has 0 radical (unpaired) electrons. The summed E-state index contributed by atoms with van der Waals surface area (Å²) in [5, 5.41) is 0. The minimum Gasteiger partial charge on any atom is -0.460 e. The number of halogens is 3. The number of hydrogen-bond acceptors (Lipinski definition) is 4. The van der Waals surface area contributed by atoms with Crippen LogP contribution < -0.4 is 4.74 Å².